The van der Waals surface area contributed by atoms with Gasteiger partial charge in [-0.15, -0.1) is 0 Å². The van der Waals surface area contributed by atoms with E-state index in [9.17, 15) is 28.8 Å². The van der Waals surface area contributed by atoms with Gasteiger partial charge in [0.15, 0.2) is 0 Å². The number of amides is 3. The summed E-state index contributed by atoms with van der Waals surface area (Å²) in [4.78, 5) is 80.7. The molecule has 0 radical (unpaired) electrons. The number of nitrogens with one attached hydrogen (secondary N) is 3. The molecule has 1 saturated carbocycles. The molecule has 0 bridgehead atoms. The molecule has 7 rings (SSSR count). The first-order valence-corrected chi connectivity index (χ1v) is 24.1. The van der Waals surface area contributed by atoms with Gasteiger partial charge in [0.05, 0.1) is 0 Å². The number of ether oxygens (including phenoxy) is 3. The Balaban J connectivity index is 1.18. The van der Waals surface area contributed by atoms with E-state index in [4.69, 9.17) is 37.4 Å². The standard InChI is InChI=1S/C57H54Cl2FN3O9/c1-33-23-43(60)25-41(51(33)63-55(68)57(21-22-57)56(69)72-32-40-19-13-8-14-20-40)26-45-36(4)52(61-48(64)29-49(65)70-30-38-15-9-6-10-16-38)42(28-47(45)59)27-44-35(3)50(34(2)24-46(44)58)62-53(66)37(5)54(67)71-31-39-17-11-7-12-18-39/h6-20,23-25,28,37H,21-22,26-27,29-32H2,1-5H3,(H,61,64)(H,62,66)(H,63,68). The van der Waals surface area contributed by atoms with Crippen molar-refractivity contribution in [2.45, 2.75) is 86.5 Å². The molecule has 0 aliphatic heterocycles. The van der Waals surface area contributed by atoms with Crippen LogP contribution in [0.15, 0.2) is 115 Å². The Kier molecular flexibility index (Phi) is 16.9. The average Bonchev–Trinajstić information content (AvgIpc) is 4.18. The lowest BCUT2D eigenvalue weighted by atomic mass is 9.90. The van der Waals surface area contributed by atoms with E-state index in [1.807, 2.05) is 66.7 Å². The van der Waals surface area contributed by atoms with E-state index >= 15 is 4.39 Å². The molecule has 372 valence electrons. The van der Waals surface area contributed by atoms with Crippen molar-refractivity contribution in [2.75, 3.05) is 16.0 Å². The monoisotopic (exact) mass is 1010 g/mol. The maximum Gasteiger partial charge on any atom is 0.321 e. The van der Waals surface area contributed by atoms with Crippen LogP contribution in [0.25, 0.3) is 0 Å². The van der Waals surface area contributed by atoms with Crippen molar-refractivity contribution in [1.29, 1.82) is 0 Å². The molecule has 0 saturated heterocycles. The first-order valence-electron chi connectivity index (χ1n) is 23.4. The molecule has 6 aromatic rings. The third-order valence-electron chi connectivity index (χ3n) is 12.8. The zero-order chi connectivity index (χ0) is 51.7. The highest BCUT2D eigenvalue weighted by molar-refractivity contribution is 6.32. The van der Waals surface area contributed by atoms with E-state index in [-0.39, 0.29) is 61.9 Å². The average molecular weight is 1010 g/mol. The lowest BCUT2D eigenvalue weighted by molar-refractivity contribution is -0.155. The number of carbonyl (C=O) groups excluding carboxylic acids is 6. The van der Waals surface area contributed by atoms with Gasteiger partial charge in [-0.1, -0.05) is 114 Å². The Hall–Kier alpha value is -7.35. The number of esters is 3. The summed E-state index contributed by atoms with van der Waals surface area (Å²) in [5.74, 6) is -5.74. The number of halogens is 3. The fourth-order valence-electron chi connectivity index (χ4n) is 8.35. The first kappa shape index (κ1) is 52.5. The van der Waals surface area contributed by atoms with Crippen LogP contribution in [0.4, 0.5) is 21.5 Å². The van der Waals surface area contributed by atoms with Crippen LogP contribution in [0.3, 0.4) is 0 Å². The normalized spacial score (nSPS) is 12.8. The molecule has 1 fully saturated rings. The van der Waals surface area contributed by atoms with Gasteiger partial charge < -0.3 is 30.2 Å². The molecular weight excluding hydrogens is 961 g/mol. The summed E-state index contributed by atoms with van der Waals surface area (Å²) in [7, 11) is 0. The number of hydrogen-bond acceptors (Lipinski definition) is 9. The SMILES string of the molecule is Cc1cc(F)cc(Cc2c(Cl)cc(Cc3c(Cl)cc(C)c(NC(=O)C(C)C(=O)OCc4ccccc4)c3C)c(NC(=O)CC(=O)OCc3ccccc3)c2C)c1NC(=O)C1(C(=O)OCc2ccccc2)CC1. The largest absolute Gasteiger partial charge is 0.460 e. The first-order chi connectivity index (χ1) is 34.4. The van der Waals surface area contributed by atoms with Gasteiger partial charge in [0.2, 0.25) is 17.7 Å². The fraction of sp³-hybridized carbons (Fsp3) is 0.263. The number of rotatable bonds is 19. The number of carbonyl (C=O) groups is 6. The zero-order valence-corrected chi connectivity index (χ0v) is 42.0. The second kappa shape index (κ2) is 23.3. The third kappa shape index (κ3) is 12.8. The summed E-state index contributed by atoms with van der Waals surface area (Å²) in [6, 6.07) is 33.1. The van der Waals surface area contributed by atoms with Gasteiger partial charge in [-0.25, -0.2) is 4.39 Å². The van der Waals surface area contributed by atoms with E-state index in [0.717, 1.165) is 16.7 Å². The highest BCUT2D eigenvalue weighted by atomic mass is 35.5. The van der Waals surface area contributed by atoms with E-state index in [1.54, 1.807) is 64.1 Å². The number of benzene rings is 6. The van der Waals surface area contributed by atoms with Gasteiger partial charge in [-0.2, -0.15) is 0 Å². The number of hydrogen-bond donors (Lipinski definition) is 3. The molecule has 1 atom stereocenters. The van der Waals surface area contributed by atoms with E-state index in [1.165, 1.54) is 19.1 Å². The molecule has 1 aliphatic rings. The van der Waals surface area contributed by atoms with Crippen molar-refractivity contribution in [3.05, 3.63) is 192 Å². The van der Waals surface area contributed by atoms with Crippen LogP contribution in [0.5, 0.6) is 0 Å². The van der Waals surface area contributed by atoms with Gasteiger partial charge in [-0.3, -0.25) is 28.8 Å². The van der Waals surface area contributed by atoms with Crippen LogP contribution in [0.2, 0.25) is 10.0 Å². The molecule has 15 heteroatoms. The summed E-state index contributed by atoms with van der Waals surface area (Å²) in [5, 5.41) is 9.26. The molecule has 1 unspecified atom stereocenters. The molecule has 0 spiro atoms. The summed E-state index contributed by atoms with van der Waals surface area (Å²) >= 11 is 14.1. The maximum atomic E-state index is 15.4. The predicted molar refractivity (Wildman–Crippen MR) is 274 cm³/mol. The van der Waals surface area contributed by atoms with Crippen LogP contribution in [-0.4, -0.2) is 35.6 Å². The lowest BCUT2D eigenvalue weighted by Gasteiger charge is -2.23. The highest BCUT2D eigenvalue weighted by Gasteiger charge is 2.58. The van der Waals surface area contributed by atoms with Crippen LogP contribution >= 0.6 is 23.2 Å². The minimum absolute atomic E-state index is 0.00233. The number of aryl methyl sites for hydroxylation is 2. The molecule has 6 aromatic carbocycles. The van der Waals surface area contributed by atoms with Crippen molar-refractivity contribution in [3.8, 4) is 0 Å². The second-order valence-corrected chi connectivity index (χ2v) is 18.8. The van der Waals surface area contributed by atoms with Gasteiger partial charge in [0.1, 0.15) is 43.4 Å². The Bertz CT molecular complexity index is 3040. The van der Waals surface area contributed by atoms with E-state index in [2.05, 4.69) is 16.0 Å². The smallest absolute Gasteiger partial charge is 0.321 e. The molecule has 0 heterocycles. The summed E-state index contributed by atoms with van der Waals surface area (Å²) in [5.41, 5.74) is 5.73. The van der Waals surface area contributed by atoms with Gasteiger partial charge >= 0.3 is 17.9 Å². The molecule has 3 amide bonds. The molecule has 12 nitrogen and oxygen atoms in total. The maximum absolute atomic E-state index is 15.4. The zero-order valence-electron chi connectivity index (χ0n) is 40.5. The summed E-state index contributed by atoms with van der Waals surface area (Å²) < 4.78 is 31.8. The molecule has 72 heavy (non-hydrogen) atoms. The molecule has 3 N–H and O–H groups in total. The van der Waals surface area contributed by atoms with Gasteiger partial charge in [-0.05, 0) is 133 Å². The highest BCUT2D eigenvalue weighted by Crippen LogP contribution is 2.48. The van der Waals surface area contributed by atoms with Gasteiger partial charge in [0, 0.05) is 39.9 Å². The Morgan fingerprint density at radius 1 is 0.597 bits per heavy atom. The Morgan fingerprint density at radius 3 is 1.64 bits per heavy atom. The Labute approximate surface area is 427 Å². The van der Waals surface area contributed by atoms with E-state index in [0.29, 0.717) is 55.2 Å². The number of anilines is 3. The third-order valence-corrected chi connectivity index (χ3v) is 13.4. The van der Waals surface area contributed by atoms with Crippen LogP contribution in [-0.2, 0) is 75.6 Å². The van der Waals surface area contributed by atoms with Crippen molar-refractivity contribution in [1.82, 2.24) is 0 Å². The molecule has 1 aliphatic carbocycles. The summed E-state index contributed by atoms with van der Waals surface area (Å²) in [6.07, 6.45) is -0.0681. The summed E-state index contributed by atoms with van der Waals surface area (Å²) in [6.45, 7) is 8.30. The van der Waals surface area contributed by atoms with Crippen molar-refractivity contribution in [2.24, 2.45) is 11.3 Å². The fourth-order valence-corrected chi connectivity index (χ4v) is 9.06. The minimum Gasteiger partial charge on any atom is -0.460 e. The predicted octanol–water partition coefficient (Wildman–Crippen LogP) is 11.4. The van der Waals surface area contributed by atoms with Crippen LogP contribution < -0.4 is 16.0 Å². The van der Waals surface area contributed by atoms with E-state index < -0.39 is 59.2 Å². The second-order valence-electron chi connectivity index (χ2n) is 18.0. The lowest BCUT2D eigenvalue weighted by Crippen LogP contribution is -2.33. The topological polar surface area (TPSA) is 166 Å². The van der Waals surface area contributed by atoms with Crippen molar-refractivity contribution < 1.29 is 47.4 Å². The Morgan fingerprint density at radius 2 is 1.08 bits per heavy atom. The molecule has 0 aromatic heterocycles. The van der Waals surface area contributed by atoms with Crippen molar-refractivity contribution in [3.63, 3.8) is 0 Å². The molecular formula is C57H54Cl2FN3O9. The van der Waals surface area contributed by atoms with Crippen LogP contribution in [0.1, 0.15) is 87.4 Å². The van der Waals surface area contributed by atoms with Crippen LogP contribution in [0, 0.1) is 44.8 Å². The quantitative estimate of drug-likeness (QED) is 0.0407. The van der Waals surface area contributed by atoms with Crippen molar-refractivity contribution >= 4 is 75.9 Å². The van der Waals surface area contributed by atoms with Gasteiger partial charge in [0.25, 0.3) is 0 Å². The minimum atomic E-state index is -1.41.